The van der Waals surface area contributed by atoms with Gasteiger partial charge in [-0.3, -0.25) is 4.57 Å². The normalized spacial score (nSPS) is 11.6. The molecule has 5 heteroatoms. The Morgan fingerprint density at radius 1 is 0.926 bits per heavy atom. The molecule has 2 aromatic heterocycles. The summed E-state index contributed by atoms with van der Waals surface area (Å²) in [6.45, 7) is 0. The molecule has 4 aromatic rings. The topological polar surface area (TPSA) is 49.2 Å². The maximum Gasteiger partial charge on any atom is 0.138 e. The lowest BCUT2D eigenvalue weighted by Crippen LogP contribution is -1.95. The van der Waals surface area contributed by atoms with Crippen molar-refractivity contribution in [2.75, 3.05) is 14.2 Å². The number of fused-ring (bicyclic) bond motifs is 1. The third-order valence-corrected chi connectivity index (χ3v) is 4.38. The third kappa shape index (κ3) is 3.15. The Kier molecular flexibility index (Phi) is 4.58. The van der Waals surface area contributed by atoms with Gasteiger partial charge in [-0.05, 0) is 36.4 Å². The van der Waals surface area contributed by atoms with E-state index in [-0.39, 0.29) is 0 Å². The lowest BCUT2D eigenvalue weighted by Gasteiger charge is -2.10. The molecule has 0 aliphatic rings. The molecule has 0 bridgehead atoms. The summed E-state index contributed by atoms with van der Waals surface area (Å²) in [4.78, 5) is 9.04. The van der Waals surface area contributed by atoms with E-state index in [1.165, 1.54) is 0 Å². The van der Waals surface area contributed by atoms with E-state index >= 15 is 0 Å². The predicted molar refractivity (Wildman–Crippen MR) is 107 cm³/mol. The minimum Gasteiger partial charge on any atom is -0.496 e. The van der Waals surface area contributed by atoms with Crippen LogP contribution in [0.1, 0.15) is 11.1 Å². The Morgan fingerprint density at radius 2 is 1.78 bits per heavy atom. The van der Waals surface area contributed by atoms with Crippen molar-refractivity contribution in [3.63, 3.8) is 0 Å². The molecule has 27 heavy (non-hydrogen) atoms. The van der Waals surface area contributed by atoms with Gasteiger partial charge >= 0.3 is 0 Å². The number of imidazole rings is 1. The van der Waals surface area contributed by atoms with E-state index in [4.69, 9.17) is 9.47 Å². The van der Waals surface area contributed by atoms with Crippen LogP contribution in [-0.4, -0.2) is 28.8 Å². The van der Waals surface area contributed by atoms with Gasteiger partial charge in [-0.1, -0.05) is 30.3 Å². The van der Waals surface area contributed by atoms with E-state index in [0.29, 0.717) is 0 Å². The highest BCUT2D eigenvalue weighted by Crippen LogP contribution is 2.29. The van der Waals surface area contributed by atoms with Gasteiger partial charge in [0.2, 0.25) is 0 Å². The van der Waals surface area contributed by atoms with Crippen LogP contribution in [-0.2, 0) is 4.74 Å². The first-order valence-electron chi connectivity index (χ1n) is 8.58. The minimum absolute atomic E-state index is 0.719. The number of para-hydroxylation sites is 2. The molecule has 0 amide bonds. The smallest absolute Gasteiger partial charge is 0.138 e. The second-order valence-corrected chi connectivity index (χ2v) is 5.93. The zero-order valence-corrected chi connectivity index (χ0v) is 15.2. The van der Waals surface area contributed by atoms with E-state index < -0.39 is 0 Å². The molecule has 0 aliphatic heterocycles. The van der Waals surface area contributed by atoms with E-state index in [1.807, 2.05) is 71.3 Å². The number of aromatic nitrogens is 3. The number of hydrogen-bond donors (Lipinski definition) is 0. The highest BCUT2D eigenvalue weighted by atomic mass is 16.5. The summed E-state index contributed by atoms with van der Waals surface area (Å²) < 4.78 is 13.1. The highest BCUT2D eigenvalue weighted by molar-refractivity contribution is 5.93. The lowest BCUT2D eigenvalue weighted by molar-refractivity contribution is 0.372. The maximum atomic E-state index is 5.70. The highest BCUT2D eigenvalue weighted by Gasteiger charge is 2.13. The molecule has 2 heterocycles. The quantitative estimate of drug-likeness (QED) is 0.388. The molecule has 134 valence electrons. The molecular formula is C22H19N3O2. The Balaban J connectivity index is 1.86. The molecule has 5 nitrogen and oxygen atoms in total. The first-order valence-corrected chi connectivity index (χ1v) is 8.58. The van der Waals surface area contributed by atoms with Crippen LogP contribution in [0, 0.1) is 0 Å². The van der Waals surface area contributed by atoms with Crippen LogP contribution in [0.4, 0.5) is 0 Å². The molecule has 0 aliphatic carbocycles. The van der Waals surface area contributed by atoms with Crippen molar-refractivity contribution in [2.45, 2.75) is 0 Å². The summed E-state index contributed by atoms with van der Waals surface area (Å²) in [6.07, 6.45) is 5.52. The number of methoxy groups -OCH3 is 2. The minimum atomic E-state index is 0.719. The molecule has 0 N–H and O–H groups in total. The number of pyridine rings is 1. The van der Waals surface area contributed by atoms with Gasteiger partial charge in [0.05, 0.1) is 25.3 Å². The zero-order valence-electron chi connectivity index (χ0n) is 15.2. The maximum absolute atomic E-state index is 5.70. The molecule has 0 unspecified atom stereocenters. The van der Waals surface area contributed by atoms with Crippen molar-refractivity contribution in [2.24, 2.45) is 0 Å². The van der Waals surface area contributed by atoms with Crippen LogP contribution in [0.25, 0.3) is 28.7 Å². The molecule has 0 atom stereocenters. The standard InChI is InChI=1S/C22H19N3O2/c1-26-19-11-4-3-8-16(19)14-20(27-2)17-9-7-10-18-22(17)24-15-25(18)21-12-5-6-13-23-21/h3-15H,1-2H3. The molecule has 4 rings (SSSR count). The molecule has 0 fully saturated rings. The number of nitrogens with zero attached hydrogens (tertiary/aromatic N) is 3. The van der Waals surface area contributed by atoms with Gasteiger partial charge < -0.3 is 9.47 Å². The SMILES string of the molecule is COC(=Cc1ccccc1OC)c1cccc2c1ncn2-c1ccccn1. The van der Waals surface area contributed by atoms with E-state index in [1.54, 1.807) is 26.7 Å². The number of hydrogen-bond acceptors (Lipinski definition) is 4. The van der Waals surface area contributed by atoms with Crippen LogP contribution in [0.5, 0.6) is 5.75 Å². The summed E-state index contributed by atoms with van der Waals surface area (Å²) in [5, 5.41) is 0. The fraction of sp³-hybridized carbons (Fsp3) is 0.0909. The van der Waals surface area contributed by atoms with Crippen LogP contribution in [0.3, 0.4) is 0 Å². The van der Waals surface area contributed by atoms with Crippen molar-refractivity contribution < 1.29 is 9.47 Å². The van der Waals surface area contributed by atoms with Gasteiger partial charge in [-0.25, -0.2) is 9.97 Å². The van der Waals surface area contributed by atoms with Crippen molar-refractivity contribution in [3.8, 4) is 11.6 Å². The Labute approximate surface area is 157 Å². The van der Waals surface area contributed by atoms with E-state index in [0.717, 1.165) is 39.5 Å². The van der Waals surface area contributed by atoms with Gasteiger partial charge in [0.25, 0.3) is 0 Å². The Morgan fingerprint density at radius 3 is 2.56 bits per heavy atom. The summed E-state index contributed by atoms with van der Waals surface area (Å²) in [7, 11) is 3.32. The Hall–Kier alpha value is -3.60. The molecule has 0 radical (unpaired) electrons. The molecular weight excluding hydrogens is 338 g/mol. The fourth-order valence-corrected chi connectivity index (χ4v) is 3.09. The number of ether oxygens (including phenoxy) is 2. The number of benzene rings is 2. The van der Waals surface area contributed by atoms with Crippen LogP contribution < -0.4 is 4.74 Å². The van der Waals surface area contributed by atoms with Crippen molar-refractivity contribution in [1.29, 1.82) is 0 Å². The summed E-state index contributed by atoms with van der Waals surface area (Å²) in [5.74, 6) is 2.33. The summed E-state index contributed by atoms with van der Waals surface area (Å²) >= 11 is 0. The summed E-state index contributed by atoms with van der Waals surface area (Å²) in [5.41, 5.74) is 3.67. The summed E-state index contributed by atoms with van der Waals surface area (Å²) in [6, 6.07) is 19.7. The lowest BCUT2D eigenvalue weighted by atomic mass is 10.1. The fourth-order valence-electron chi connectivity index (χ4n) is 3.09. The van der Waals surface area contributed by atoms with Crippen LogP contribution >= 0.6 is 0 Å². The average Bonchev–Trinajstić information content (AvgIpc) is 3.17. The largest absolute Gasteiger partial charge is 0.496 e. The molecule has 0 saturated heterocycles. The van der Waals surface area contributed by atoms with E-state index in [2.05, 4.69) is 9.97 Å². The molecule has 0 spiro atoms. The van der Waals surface area contributed by atoms with Gasteiger partial charge in [-0.2, -0.15) is 0 Å². The van der Waals surface area contributed by atoms with Crippen LogP contribution in [0.15, 0.2) is 73.2 Å². The monoisotopic (exact) mass is 357 g/mol. The van der Waals surface area contributed by atoms with Gasteiger partial charge in [0.15, 0.2) is 0 Å². The predicted octanol–water partition coefficient (Wildman–Crippen LogP) is 4.57. The number of rotatable bonds is 5. The first-order chi connectivity index (χ1) is 13.3. The van der Waals surface area contributed by atoms with Gasteiger partial charge in [0.1, 0.15) is 23.7 Å². The first kappa shape index (κ1) is 16.8. The second kappa shape index (κ2) is 7.33. The molecule has 0 saturated carbocycles. The van der Waals surface area contributed by atoms with Gasteiger partial charge in [-0.15, -0.1) is 0 Å². The Bertz CT molecular complexity index is 1100. The van der Waals surface area contributed by atoms with Gasteiger partial charge in [0, 0.05) is 17.3 Å². The van der Waals surface area contributed by atoms with Crippen molar-refractivity contribution in [3.05, 3.63) is 84.3 Å². The zero-order chi connectivity index (χ0) is 18.6. The third-order valence-electron chi connectivity index (χ3n) is 4.38. The average molecular weight is 357 g/mol. The van der Waals surface area contributed by atoms with Crippen LogP contribution in [0.2, 0.25) is 0 Å². The second-order valence-electron chi connectivity index (χ2n) is 5.93. The van der Waals surface area contributed by atoms with Crippen molar-refractivity contribution >= 4 is 22.9 Å². The van der Waals surface area contributed by atoms with Crippen molar-refractivity contribution in [1.82, 2.24) is 14.5 Å². The van der Waals surface area contributed by atoms with E-state index in [9.17, 15) is 0 Å². The molecule has 2 aromatic carbocycles.